The van der Waals surface area contributed by atoms with Crippen molar-refractivity contribution in [2.75, 3.05) is 32.8 Å². The average molecular weight is 254 g/mol. The third kappa shape index (κ3) is 2.69. The van der Waals surface area contributed by atoms with Gasteiger partial charge in [0.15, 0.2) is 0 Å². The molecule has 0 spiro atoms. The molecule has 0 aromatic carbocycles. The third-order valence-corrected chi connectivity index (χ3v) is 4.76. The van der Waals surface area contributed by atoms with E-state index in [1.54, 1.807) is 0 Å². The Kier molecular flexibility index (Phi) is 4.62. The van der Waals surface area contributed by atoms with Crippen LogP contribution < -0.4 is 5.32 Å². The van der Waals surface area contributed by atoms with Crippen molar-refractivity contribution in [2.24, 2.45) is 11.3 Å². The van der Waals surface area contributed by atoms with Crippen LogP contribution in [0, 0.1) is 11.3 Å². The van der Waals surface area contributed by atoms with Crippen LogP contribution in [0.4, 0.5) is 0 Å². The highest BCUT2D eigenvalue weighted by Crippen LogP contribution is 2.35. The van der Waals surface area contributed by atoms with Crippen molar-refractivity contribution in [2.45, 2.75) is 39.0 Å². The molecule has 0 bridgehead atoms. The summed E-state index contributed by atoms with van der Waals surface area (Å²) in [5.74, 6) is 0.628. The second kappa shape index (κ2) is 6.02. The molecule has 1 amide bonds. The van der Waals surface area contributed by atoms with Gasteiger partial charge in [0.05, 0.1) is 5.41 Å². The summed E-state index contributed by atoms with van der Waals surface area (Å²) in [6.45, 7) is 5.89. The number of aliphatic hydroxyl groups is 1. The van der Waals surface area contributed by atoms with E-state index in [4.69, 9.17) is 0 Å². The normalized spacial score (nSPS) is 28.1. The molecular formula is C14H26N2O2. The Morgan fingerprint density at radius 3 is 2.78 bits per heavy atom. The minimum Gasteiger partial charge on any atom is -0.396 e. The van der Waals surface area contributed by atoms with Crippen molar-refractivity contribution in [1.82, 2.24) is 10.2 Å². The van der Waals surface area contributed by atoms with E-state index in [2.05, 4.69) is 12.2 Å². The molecule has 0 saturated carbocycles. The van der Waals surface area contributed by atoms with Gasteiger partial charge in [-0.25, -0.2) is 0 Å². The molecule has 1 atom stereocenters. The van der Waals surface area contributed by atoms with E-state index in [1.165, 1.54) is 0 Å². The highest BCUT2D eigenvalue weighted by Gasteiger charge is 2.41. The van der Waals surface area contributed by atoms with Crippen LogP contribution in [0.5, 0.6) is 0 Å². The van der Waals surface area contributed by atoms with Crippen molar-refractivity contribution in [3.8, 4) is 0 Å². The van der Waals surface area contributed by atoms with Gasteiger partial charge >= 0.3 is 0 Å². The van der Waals surface area contributed by atoms with Gasteiger partial charge in [-0.2, -0.15) is 0 Å². The summed E-state index contributed by atoms with van der Waals surface area (Å²) in [6.07, 6.45) is 4.95. The summed E-state index contributed by atoms with van der Waals surface area (Å²) >= 11 is 0. The van der Waals surface area contributed by atoms with Gasteiger partial charge in [-0.15, -0.1) is 0 Å². The first-order chi connectivity index (χ1) is 8.72. The van der Waals surface area contributed by atoms with Crippen LogP contribution >= 0.6 is 0 Å². The molecule has 0 aliphatic carbocycles. The number of amides is 1. The second-order valence-corrected chi connectivity index (χ2v) is 5.83. The number of nitrogens with zero attached hydrogens (tertiary/aromatic N) is 1. The molecule has 0 radical (unpaired) electrons. The number of nitrogens with one attached hydrogen (secondary N) is 1. The Hall–Kier alpha value is -0.610. The largest absolute Gasteiger partial charge is 0.396 e. The lowest BCUT2D eigenvalue weighted by atomic mass is 9.75. The van der Waals surface area contributed by atoms with Crippen molar-refractivity contribution < 1.29 is 9.90 Å². The van der Waals surface area contributed by atoms with E-state index in [9.17, 15) is 9.90 Å². The summed E-state index contributed by atoms with van der Waals surface area (Å²) in [5, 5.41) is 12.6. The van der Waals surface area contributed by atoms with E-state index in [1.807, 2.05) is 4.90 Å². The van der Waals surface area contributed by atoms with E-state index < -0.39 is 0 Å². The van der Waals surface area contributed by atoms with E-state index in [-0.39, 0.29) is 12.0 Å². The lowest BCUT2D eigenvalue weighted by molar-refractivity contribution is -0.146. The number of hydrogen-bond donors (Lipinski definition) is 2. The van der Waals surface area contributed by atoms with Gasteiger partial charge in [0.2, 0.25) is 5.91 Å². The molecule has 2 heterocycles. The number of hydrogen-bond acceptors (Lipinski definition) is 3. The number of rotatable bonds is 3. The second-order valence-electron chi connectivity index (χ2n) is 5.83. The Morgan fingerprint density at radius 1 is 1.44 bits per heavy atom. The Morgan fingerprint density at radius 2 is 2.17 bits per heavy atom. The Balaban J connectivity index is 2.04. The number of likely N-dealkylation sites (tertiary alicyclic amines) is 1. The molecule has 2 rings (SSSR count). The molecule has 4 heteroatoms. The van der Waals surface area contributed by atoms with Crippen LogP contribution in [-0.4, -0.2) is 48.7 Å². The molecule has 18 heavy (non-hydrogen) atoms. The monoisotopic (exact) mass is 254 g/mol. The van der Waals surface area contributed by atoms with Crippen molar-refractivity contribution in [3.05, 3.63) is 0 Å². The third-order valence-electron chi connectivity index (χ3n) is 4.76. The molecule has 2 N–H and O–H groups in total. The minimum absolute atomic E-state index is 0.136. The molecule has 1 unspecified atom stereocenters. The average Bonchev–Trinajstić information content (AvgIpc) is 2.47. The van der Waals surface area contributed by atoms with Gasteiger partial charge in [0.1, 0.15) is 0 Å². The molecule has 2 aliphatic rings. The van der Waals surface area contributed by atoms with Crippen molar-refractivity contribution >= 4 is 5.91 Å². The number of piperidine rings is 2. The fourth-order valence-electron chi connectivity index (χ4n) is 3.36. The van der Waals surface area contributed by atoms with Crippen molar-refractivity contribution in [3.63, 3.8) is 0 Å². The molecule has 0 aromatic heterocycles. The molecular weight excluding hydrogens is 228 g/mol. The number of carbonyl (C=O) groups is 1. The Bertz CT molecular complexity index is 288. The summed E-state index contributed by atoms with van der Waals surface area (Å²) in [4.78, 5) is 14.8. The molecule has 2 aliphatic heterocycles. The summed E-state index contributed by atoms with van der Waals surface area (Å²) in [7, 11) is 0. The maximum Gasteiger partial charge on any atom is 0.228 e. The predicted octanol–water partition coefficient (Wildman–Crippen LogP) is 0.997. The topological polar surface area (TPSA) is 52.6 Å². The first-order valence-corrected chi connectivity index (χ1v) is 7.33. The van der Waals surface area contributed by atoms with Gasteiger partial charge < -0.3 is 15.3 Å². The highest BCUT2D eigenvalue weighted by molar-refractivity contribution is 5.83. The van der Waals surface area contributed by atoms with E-state index in [0.29, 0.717) is 11.8 Å². The quantitative estimate of drug-likeness (QED) is 0.790. The lowest BCUT2D eigenvalue weighted by Crippen LogP contribution is -2.52. The molecule has 104 valence electrons. The van der Waals surface area contributed by atoms with Crippen LogP contribution in [-0.2, 0) is 4.79 Å². The SMILES string of the molecule is CCC1(C(=O)N2CCCC(CO)C2)CCNCC1. The van der Waals surface area contributed by atoms with Gasteiger partial charge in [-0.3, -0.25) is 4.79 Å². The maximum absolute atomic E-state index is 12.8. The molecule has 2 saturated heterocycles. The zero-order valence-corrected chi connectivity index (χ0v) is 11.5. The van der Waals surface area contributed by atoms with Crippen LogP contribution in [0.1, 0.15) is 39.0 Å². The maximum atomic E-state index is 12.8. The first-order valence-electron chi connectivity index (χ1n) is 7.33. The minimum atomic E-state index is -0.136. The number of carbonyl (C=O) groups excluding carboxylic acids is 1. The smallest absolute Gasteiger partial charge is 0.228 e. The fraction of sp³-hybridized carbons (Fsp3) is 0.929. The highest BCUT2D eigenvalue weighted by atomic mass is 16.3. The van der Waals surface area contributed by atoms with Crippen LogP contribution in [0.2, 0.25) is 0 Å². The predicted molar refractivity (Wildman–Crippen MR) is 71.2 cm³/mol. The zero-order chi connectivity index (χ0) is 13.0. The first kappa shape index (κ1) is 13.8. The lowest BCUT2D eigenvalue weighted by Gasteiger charge is -2.42. The Labute approximate surface area is 110 Å². The summed E-state index contributed by atoms with van der Waals surface area (Å²) in [6, 6.07) is 0. The number of aliphatic hydroxyl groups excluding tert-OH is 1. The standard InChI is InChI=1S/C14H26N2O2/c1-2-14(5-7-15-8-6-14)13(18)16-9-3-4-12(10-16)11-17/h12,15,17H,2-11H2,1H3. The van der Waals surface area contributed by atoms with Gasteiger partial charge in [0, 0.05) is 19.7 Å². The zero-order valence-electron chi connectivity index (χ0n) is 11.5. The van der Waals surface area contributed by atoms with Crippen LogP contribution in [0.15, 0.2) is 0 Å². The van der Waals surface area contributed by atoms with E-state index >= 15 is 0 Å². The van der Waals surface area contributed by atoms with Crippen LogP contribution in [0.3, 0.4) is 0 Å². The van der Waals surface area contributed by atoms with Gasteiger partial charge in [-0.05, 0) is 51.1 Å². The van der Waals surface area contributed by atoms with Crippen LogP contribution in [0.25, 0.3) is 0 Å². The van der Waals surface area contributed by atoms with E-state index in [0.717, 1.165) is 58.3 Å². The molecule has 2 fully saturated rings. The molecule has 4 nitrogen and oxygen atoms in total. The van der Waals surface area contributed by atoms with Gasteiger partial charge in [0.25, 0.3) is 0 Å². The summed E-state index contributed by atoms with van der Waals surface area (Å²) in [5.41, 5.74) is -0.136. The summed E-state index contributed by atoms with van der Waals surface area (Å²) < 4.78 is 0. The van der Waals surface area contributed by atoms with Gasteiger partial charge in [-0.1, -0.05) is 6.92 Å². The van der Waals surface area contributed by atoms with Crippen molar-refractivity contribution in [1.29, 1.82) is 0 Å². The fourth-order valence-corrected chi connectivity index (χ4v) is 3.36. The molecule has 0 aromatic rings.